The summed E-state index contributed by atoms with van der Waals surface area (Å²) in [5.74, 6) is 0. The first-order valence-corrected chi connectivity index (χ1v) is 4.94. The van der Waals surface area contributed by atoms with Crippen LogP contribution in [0.2, 0.25) is 0 Å². The van der Waals surface area contributed by atoms with Crippen LogP contribution in [0.15, 0.2) is 0 Å². The van der Waals surface area contributed by atoms with E-state index in [1.54, 1.807) is 0 Å². The van der Waals surface area contributed by atoms with E-state index in [4.69, 9.17) is 0 Å². The van der Waals surface area contributed by atoms with E-state index in [9.17, 15) is 0 Å². The van der Waals surface area contributed by atoms with Crippen molar-refractivity contribution >= 4 is 58.3 Å². The number of rotatable bonds is 1. The number of thiocarbonyl (C=S) groups is 2. The molecule has 0 aromatic carbocycles. The zero-order valence-corrected chi connectivity index (χ0v) is 14.1. The molecule has 0 saturated carbocycles. The van der Waals surface area contributed by atoms with E-state index in [0.717, 1.165) is 0 Å². The molecule has 0 aliphatic rings. The first-order valence-electron chi connectivity index (χ1n) is 3.31. The Morgan fingerprint density at radius 1 is 1.00 bits per heavy atom. The van der Waals surface area contributed by atoms with Crippen molar-refractivity contribution < 1.29 is 19.5 Å². The zero-order valence-electron chi connectivity index (χ0n) is 7.91. The Morgan fingerprint density at radius 3 is 1.08 bits per heavy atom. The van der Waals surface area contributed by atoms with Gasteiger partial charge in [-0.2, -0.15) is 0 Å². The normalized spacial score (nSPS) is 6.00. The fourth-order valence-corrected chi connectivity index (χ4v) is 0. The minimum Gasteiger partial charge on any atom is -0.415 e. The molecule has 0 saturated heterocycles. The van der Waals surface area contributed by atoms with Crippen LogP contribution in [0.4, 0.5) is 0 Å². The van der Waals surface area contributed by atoms with Gasteiger partial charge in [-0.1, -0.05) is 35.3 Å². The molecule has 0 radical (unpaired) electrons. The third-order valence-corrected chi connectivity index (χ3v) is 0.500. The quantitative estimate of drug-likeness (QED) is 0.433. The van der Waals surface area contributed by atoms with Crippen LogP contribution in [0.5, 0.6) is 0 Å². The third kappa shape index (κ3) is 444. The molecule has 0 unspecified atom stereocenters. The second-order valence-corrected chi connectivity index (χ2v) is 3.91. The Morgan fingerprint density at radius 2 is 1.08 bits per heavy atom. The number of hydrogen-bond donors (Lipinski definition) is 2. The Kier molecular flexibility index (Phi) is 41.8. The van der Waals surface area contributed by atoms with Crippen LogP contribution in [0, 0.1) is 0 Å². The monoisotopic (exact) mass is 306 g/mol. The molecular formula is C6H14N2S4Zn. The summed E-state index contributed by atoms with van der Waals surface area (Å²) in [5.41, 5.74) is 9.31. The molecule has 0 aliphatic carbocycles. The van der Waals surface area contributed by atoms with Gasteiger partial charge in [0.1, 0.15) is 0 Å². The number of nitrogens with two attached hydrogens (primary N) is 2. The summed E-state index contributed by atoms with van der Waals surface area (Å²) in [7, 11) is 0. The third-order valence-electron chi connectivity index (χ3n) is 0.500. The molecule has 0 spiro atoms. The smallest absolute Gasteiger partial charge is 0.415 e. The van der Waals surface area contributed by atoms with Gasteiger partial charge in [0, 0.05) is 0 Å². The van der Waals surface area contributed by atoms with Gasteiger partial charge in [-0.3, -0.25) is 0 Å². The summed E-state index contributed by atoms with van der Waals surface area (Å²) in [4.78, 5) is 0. The van der Waals surface area contributed by atoms with E-state index in [2.05, 4.69) is 75.0 Å². The molecule has 13 heavy (non-hydrogen) atoms. The van der Waals surface area contributed by atoms with Crippen molar-refractivity contribution in [2.24, 2.45) is 11.5 Å². The van der Waals surface area contributed by atoms with Gasteiger partial charge in [-0.05, 0) is 0 Å². The molecule has 0 atom stereocenters. The van der Waals surface area contributed by atoms with Crippen LogP contribution in [0.25, 0.3) is 0 Å². The van der Waals surface area contributed by atoms with Gasteiger partial charge in [0.05, 0.1) is 0 Å². The molecule has 0 amide bonds. The molecule has 0 aromatic heterocycles. The van der Waals surface area contributed by atoms with E-state index in [0.29, 0.717) is 0 Å². The summed E-state index contributed by atoms with van der Waals surface area (Å²) in [5, 5.41) is 0. The van der Waals surface area contributed by atoms with Crippen molar-refractivity contribution in [3.8, 4) is 0 Å². The molecule has 0 bridgehead atoms. The predicted octanol–water partition coefficient (Wildman–Crippen LogP) is 1.36. The van der Waals surface area contributed by atoms with Gasteiger partial charge in [0.15, 0.2) is 0 Å². The van der Waals surface area contributed by atoms with Gasteiger partial charge in [0.25, 0.3) is 0 Å². The van der Waals surface area contributed by atoms with Gasteiger partial charge >= 0.3 is 19.5 Å². The average Bonchev–Trinajstić information content (AvgIpc) is 1.85. The van der Waals surface area contributed by atoms with Crippen LogP contribution in [-0.4, -0.2) is 8.64 Å². The van der Waals surface area contributed by atoms with Crippen molar-refractivity contribution in [1.82, 2.24) is 0 Å². The Labute approximate surface area is 115 Å². The number of hydrogen-bond acceptors (Lipinski definition) is 4. The summed E-state index contributed by atoms with van der Waals surface area (Å²) >= 11 is 16.5. The maximum Gasteiger partial charge on any atom is 2.00 e. The first kappa shape index (κ1) is 23.6. The molecule has 7 heteroatoms. The minimum absolute atomic E-state index is 0. The van der Waals surface area contributed by atoms with E-state index < -0.39 is 0 Å². The molecule has 0 aromatic rings. The fourth-order valence-electron chi connectivity index (χ4n) is 0. The Bertz CT molecular complexity index is 99.2. The van der Waals surface area contributed by atoms with Crippen LogP contribution in [0.3, 0.4) is 0 Å². The second-order valence-electron chi connectivity index (χ2n) is 1.64. The van der Waals surface area contributed by atoms with E-state index in [-0.39, 0.29) is 28.1 Å². The largest absolute Gasteiger partial charge is 2.00 e. The van der Waals surface area contributed by atoms with E-state index in [1.165, 1.54) is 12.8 Å². The molecule has 74 valence electrons. The van der Waals surface area contributed by atoms with Gasteiger partial charge in [-0.25, -0.2) is 0 Å². The summed E-state index contributed by atoms with van der Waals surface area (Å²) < 4.78 is 0.167. The average molecular weight is 308 g/mol. The molecule has 0 heterocycles. The fraction of sp³-hybridized carbons (Fsp3) is 0.667. The predicted molar refractivity (Wildman–Crippen MR) is 68.9 cm³/mol. The van der Waals surface area contributed by atoms with E-state index >= 15 is 0 Å². The summed E-state index contributed by atoms with van der Waals surface area (Å²) in [6.07, 6.45) is 2.64. The van der Waals surface area contributed by atoms with Crippen molar-refractivity contribution in [2.45, 2.75) is 26.7 Å². The summed E-state index contributed by atoms with van der Waals surface area (Å²) in [6.45, 7) is 4.36. The molecule has 4 N–H and O–H groups in total. The van der Waals surface area contributed by atoms with Crippen LogP contribution in [0.1, 0.15) is 26.7 Å². The molecule has 0 fully saturated rings. The standard InChI is InChI=1S/C4H10.2CH3NS2.Zn/c1-3-4-2;2*2-1(3)4;/h3-4H2,1-2H3;2*(H3,2,3,4);/q;;;+2/p-2. The zero-order chi connectivity index (χ0) is 10.6. The van der Waals surface area contributed by atoms with Crippen LogP contribution in [-0.2, 0) is 44.7 Å². The second kappa shape index (κ2) is 23.0. The van der Waals surface area contributed by atoms with Crippen molar-refractivity contribution in [3.63, 3.8) is 0 Å². The minimum atomic E-state index is 0. The molecule has 0 aliphatic heterocycles. The Balaban J connectivity index is -0.0000000450. The van der Waals surface area contributed by atoms with Crippen molar-refractivity contribution in [1.29, 1.82) is 0 Å². The maximum atomic E-state index is 4.66. The topological polar surface area (TPSA) is 52.0 Å². The van der Waals surface area contributed by atoms with E-state index in [1.807, 2.05) is 0 Å². The Hall–Kier alpha value is 0.843. The molecule has 2 nitrogen and oxygen atoms in total. The number of unbranched alkanes of at least 4 members (excludes halogenated alkanes) is 1. The van der Waals surface area contributed by atoms with Gasteiger partial charge in [-0.15, -0.1) is 0 Å². The molecular weight excluding hydrogens is 294 g/mol. The van der Waals surface area contributed by atoms with Crippen molar-refractivity contribution in [3.05, 3.63) is 0 Å². The van der Waals surface area contributed by atoms with Gasteiger partial charge in [0.2, 0.25) is 0 Å². The van der Waals surface area contributed by atoms with Crippen LogP contribution >= 0.6 is 24.4 Å². The van der Waals surface area contributed by atoms with Gasteiger partial charge < -0.3 is 61.2 Å². The molecule has 0 rings (SSSR count). The van der Waals surface area contributed by atoms with Crippen LogP contribution < -0.4 is 11.5 Å². The first-order chi connectivity index (χ1) is 5.38. The SMILES string of the molecule is CCCC.NC(=S)[S-].NC(=S)[S-].[Zn+2]. The van der Waals surface area contributed by atoms with Crippen molar-refractivity contribution in [2.75, 3.05) is 0 Å². The summed E-state index contributed by atoms with van der Waals surface area (Å²) in [6, 6.07) is 0. The maximum absolute atomic E-state index is 4.66.